The third kappa shape index (κ3) is 4.00. The Labute approximate surface area is 183 Å². The summed E-state index contributed by atoms with van der Waals surface area (Å²) in [7, 11) is 4.75. The van der Waals surface area contributed by atoms with Crippen LogP contribution in [-0.4, -0.2) is 54.2 Å². The number of nitrogens with two attached hydrogens (primary N) is 1. The van der Waals surface area contributed by atoms with Gasteiger partial charge in [0.25, 0.3) is 0 Å². The first-order valence-electron chi connectivity index (χ1n) is 9.83. The van der Waals surface area contributed by atoms with Crippen molar-refractivity contribution in [2.24, 2.45) is 0 Å². The van der Waals surface area contributed by atoms with E-state index >= 15 is 0 Å². The Kier molecular flexibility index (Phi) is 6.04. The van der Waals surface area contributed by atoms with Crippen LogP contribution in [0.4, 0.5) is 16.2 Å². The van der Waals surface area contributed by atoms with Crippen molar-refractivity contribution in [2.75, 3.05) is 45.5 Å². The van der Waals surface area contributed by atoms with E-state index in [1.54, 1.807) is 39.5 Å². The summed E-state index contributed by atoms with van der Waals surface area (Å²) >= 11 is 0. The second-order valence-electron chi connectivity index (χ2n) is 6.86. The van der Waals surface area contributed by atoms with Crippen LogP contribution in [0.1, 0.15) is 0 Å². The van der Waals surface area contributed by atoms with E-state index in [0.29, 0.717) is 58.8 Å². The fourth-order valence-corrected chi connectivity index (χ4v) is 3.33. The van der Waals surface area contributed by atoms with Crippen LogP contribution in [0.3, 0.4) is 0 Å². The molecule has 0 fully saturated rings. The number of rotatable bonds is 8. The number of methoxy groups -OCH3 is 3. The quantitative estimate of drug-likeness (QED) is 0.404. The van der Waals surface area contributed by atoms with Crippen LogP contribution in [0.5, 0.6) is 11.5 Å². The summed E-state index contributed by atoms with van der Waals surface area (Å²) in [4.78, 5) is 9.20. The van der Waals surface area contributed by atoms with Gasteiger partial charge in [-0.3, -0.25) is 0 Å². The van der Waals surface area contributed by atoms with Gasteiger partial charge in [-0.25, -0.2) is 14.1 Å². The molecule has 3 N–H and O–H groups in total. The number of ether oxygens (including phenoxy) is 3. The van der Waals surface area contributed by atoms with Crippen molar-refractivity contribution in [2.45, 2.75) is 0 Å². The fourth-order valence-electron chi connectivity index (χ4n) is 3.33. The molecule has 0 atom stereocenters. The van der Waals surface area contributed by atoms with E-state index < -0.39 is 0 Å². The molecule has 0 unspecified atom stereocenters. The summed E-state index contributed by atoms with van der Waals surface area (Å²) in [6, 6.07) is 11.4. The van der Waals surface area contributed by atoms with E-state index in [9.17, 15) is 4.39 Å². The lowest BCUT2D eigenvalue weighted by atomic mass is 10.1. The summed E-state index contributed by atoms with van der Waals surface area (Å²) in [5, 5.41) is 8.25. The lowest BCUT2D eigenvalue weighted by molar-refractivity contribution is 0.210. The number of anilines is 2. The highest BCUT2D eigenvalue weighted by Gasteiger charge is 2.20. The highest BCUT2D eigenvalue weighted by atomic mass is 19.1. The number of nitrogen functional groups attached to an aromatic ring is 1. The van der Waals surface area contributed by atoms with Gasteiger partial charge in [0.1, 0.15) is 11.6 Å². The molecule has 0 aliphatic heterocycles. The molecular formula is C22H23FN6O3. The minimum Gasteiger partial charge on any atom is -0.493 e. The molecule has 0 saturated carbocycles. The first-order valence-corrected chi connectivity index (χ1v) is 9.83. The highest BCUT2D eigenvalue weighted by Crippen LogP contribution is 2.37. The Morgan fingerprint density at radius 2 is 1.75 bits per heavy atom. The van der Waals surface area contributed by atoms with Gasteiger partial charge in [-0.1, -0.05) is 0 Å². The molecular weight excluding hydrogens is 415 g/mol. The Morgan fingerprint density at radius 1 is 1.00 bits per heavy atom. The van der Waals surface area contributed by atoms with E-state index in [1.165, 1.54) is 16.8 Å². The van der Waals surface area contributed by atoms with Gasteiger partial charge >= 0.3 is 0 Å². The summed E-state index contributed by atoms with van der Waals surface area (Å²) in [5.74, 6) is 1.51. The molecule has 0 spiro atoms. The van der Waals surface area contributed by atoms with Crippen molar-refractivity contribution < 1.29 is 18.6 Å². The molecule has 0 aliphatic carbocycles. The molecule has 10 heteroatoms. The van der Waals surface area contributed by atoms with Crippen molar-refractivity contribution in [3.8, 4) is 28.4 Å². The first-order chi connectivity index (χ1) is 15.5. The van der Waals surface area contributed by atoms with Gasteiger partial charge in [-0.2, -0.15) is 4.98 Å². The van der Waals surface area contributed by atoms with Crippen LogP contribution < -0.4 is 20.5 Å². The monoisotopic (exact) mass is 438 g/mol. The van der Waals surface area contributed by atoms with Crippen LogP contribution in [-0.2, 0) is 4.74 Å². The molecule has 0 radical (unpaired) electrons. The maximum Gasteiger partial charge on any atom is 0.225 e. The molecule has 4 aromatic rings. The van der Waals surface area contributed by atoms with Crippen molar-refractivity contribution in [3.05, 3.63) is 48.3 Å². The Bertz CT molecular complexity index is 1240. The number of nitrogens with zero attached hydrogens (tertiary/aromatic N) is 4. The van der Waals surface area contributed by atoms with Gasteiger partial charge in [0.15, 0.2) is 17.1 Å². The minimum atomic E-state index is -0.348. The zero-order valence-electron chi connectivity index (χ0n) is 17.9. The molecule has 2 aromatic carbocycles. The van der Waals surface area contributed by atoms with Crippen molar-refractivity contribution in [3.63, 3.8) is 0 Å². The largest absolute Gasteiger partial charge is 0.493 e. The van der Waals surface area contributed by atoms with Crippen molar-refractivity contribution in [1.29, 1.82) is 0 Å². The van der Waals surface area contributed by atoms with Crippen LogP contribution in [0.25, 0.3) is 28.0 Å². The molecule has 4 rings (SSSR count). The average Bonchev–Trinajstić information content (AvgIpc) is 3.15. The molecule has 9 nitrogen and oxygen atoms in total. The second kappa shape index (κ2) is 9.06. The van der Waals surface area contributed by atoms with Gasteiger partial charge in [-0.05, 0) is 42.5 Å². The van der Waals surface area contributed by atoms with E-state index in [-0.39, 0.29) is 5.82 Å². The van der Waals surface area contributed by atoms with E-state index in [4.69, 9.17) is 19.9 Å². The lowest BCUT2D eigenvalue weighted by Crippen LogP contribution is -2.10. The van der Waals surface area contributed by atoms with E-state index in [0.717, 1.165) is 5.56 Å². The summed E-state index contributed by atoms with van der Waals surface area (Å²) in [6.07, 6.45) is 0. The number of hydrogen-bond acceptors (Lipinski definition) is 8. The van der Waals surface area contributed by atoms with Crippen molar-refractivity contribution >= 4 is 22.8 Å². The van der Waals surface area contributed by atoms with E-state index in [2.05, 4.69) is 20.4 Å². The predicted octanol–water partition coefficient (Wildman–Crippen LogP) is 3.28. The predicted molar refractivity (Wildman–Crippen MR) is 120 cm³/mol. The summed E-state index contributed by atoms with van der Waals surface area (Å²) in [6.45, 7) is 1.00. The molecule has 0 aliphatic rings. The van der Waals surface area contributed by atoms with Gasteiger partial charge in [-0.15, -0.1) is 5.10 Å². The number of nitrogens with one attached hydrogen (secondary N) is 1. The summed E-state index contributed by atoms with van der Waals surface area (Å²) in [5.41, 5.74) is 8.79. The summed E-state index contributed by atoms with van der Waals surface area (Å²) < 4.78 is 30.8. The third-order valence-electron chi connectivity index (χ3n) is 4.89. The van der Waals surface area contributed by atoms with Gasteiger partial charge in [0.2, 0.25) is 5.95 Å². The maximum absolute atomic E-state index is 13.4. The topological polar surface area (TPSA) is 109 Å². The first kappa shape index (κ1) is 21.3. The minimum absolute atomic E-state index is 0.333. The third-order valence-corrected chi connectivity index (χ3v) is 4.89. The molecule has 2 aromatic heterocycles. The van der Waals surface area contributed by atoms with Crippen LogP contribution in [0.15, 0.2) is 42.5 Å². The van der Waals surface area contributed by atoms with E-state index in [1.807, 2.05) is 12.1 Å². The van der Waals surface area contributed by atoms with Crippen LogP contribution in [0.2, 0.25) is 0 Å². The Hall–Kier alpha value is -3.92. The maximum atomic E-state index is 13.4. The number of hydrogen-bond donors (Lipinski definition) is 2. The second-order valence-corrected chi connectivity index (χ2v) is 6.86. The Balaban J connectivity index is 1.91. The molecule has 0 amide bonds. The normalized spacial score (nSPS) is 11.0. The zero-order chi connectivity index (χ0) is 22.7. The molecule has 166 valence electrons. The van der Waals surface area contributed by atoms with Gasteiger partial charge < -0.3 is 25.3 Å². The molecule has 2 heterocycles. The highest BCUT2D eigenvalue weighted by molar-refractivity contribution is 5.99. The fraction of sp³-hybridized carbons (Fsp3) is 0.227. The van der Waals surface area contributed by atoms with Gasteiger partial charge in [0.05, 0.1) is 37.6 Å². The molecule has 32 heavy (non-hydrogen) atoms. The number of fused-ring (bicyclic) bond motifs is 1. The standard InChI is InChI=1S/C22H23FN6O3/c1-30-11-10-25-22-26-19(13-4-9-16(31-2)17(12-13)32-3)18-20(24)29(28-21(18)27-22)15-7-5-14(23)6-8-15/h4-9,12H,10-11,24H2,1-3H3,(H,25,27,28). The lowest BCUT2D eigenvalue weighted by Gasteiger charge is -2.11. The SMILES string of the molecule is COCCNc1nc(-c2ccc(OC)c(OC)c2)c2c(N)n(-c3ccc(F)cc3)nc2n1. The molecule has 0 bridgehead atoms. The smallest absolute Gasteiger partial charge is 0.225 e. The average molecular weight is 438 g/mol. The van der Waals surface area contributed by atoms with Crippen molar-refractivity contribution in [1.82, 2.24) is 19.7 Å². The van der Waals surface area contributed by atoms with Crippen LogP contribution >= 0.6 is 0 Å². The molecule has 0 saturated heterocycles. The number of halogens is 1. The van der Waals surface area contributed by atoms with Crippen LogP contribution in [0, 0.1) is 5.82 Å². The number of benzene rings is 2. The van der Waals surface area contributed by atoms with Gasteiger partial charge in [0, 0.05) is 19.2 Å². The Morgan fingerprint density at radius 3 is 2.44 bits per heavy atom. The number of aromatic nitrogens is 4. The zero-order valence-corrected chi connectivity index (χ0v) is 17.9.